The van der Waals surface area contributed by atoms with E-state index in [2.05, 4.69) is 17.9 Å². The van der Waals surface area contributed by atoms with Crippen LogP contribution in [0.25, 0.3) is 0 Å². The molecular formula is C17H24O7. The molecule has 1 rings (SSSR count). The molecule has 0 amide bonds. The molecule has 134 valence electrons. The molecule has 0 saturated heterocycles. The first-order chi connectivity index (χ1) is 11.2. The van der Waals surface area contributed by atoms with Crippen LogP contribution in [0.1, 0.15) is 33.1 Å². The minimum absolute atomic E-state index is 0.0838. The fourth-order valence-corrected chi connectivity index (χ4v) is 1.13. The number of rotatable bonds is 8. The van der Waals surface area contributed by atoms with Crippen LogP contribution in [0, 0.1) is 0 Å². The molecule has 1 aliphatic rings. The first-order valence-corrected chi connectivity index (χ1v) is 7.41. The summed E-state index contributed by atoms with van der Waals surface area (Å²) in [6.07, 6.45) is 3.76. The summed E-state index contributed by atoms with van der Waals surface area (Å²) in [6.45, 7) is 9.66. The topological polar surface area (TPSA) is 110 Å². The molecule has 7 heteroatoms. The summed E-state index contributed by atoms with van der Waals surface area (Å²) in [6, 6.07) is 0. The predicted octanol–water partition coefficient (Wildman–Crippen LogP) is 1.77. The van der Waals surface area contributed by atoms with E-state index in [0.717, 1.165) is 12.8 Å². The van der Waals surface area contributed by atoms with Crippen molar-refractivity contribution in [3.63, 3.8) is 0 Å². The van der Waals surface area contributed by atoms with Crippen molar-refractivity contribution in [2.45, 2.75) is 39.2 Å². The second-order valence-corrected chi connectivity index (χ2v) is 5.24. The summed E-state index contributed by atoms with van der Waals surface area (Å²) < 4.78 is 9.46. The van der Waals surface area contributed by atoms with Crippen molar-refractivity contribution >= 4 is 17.9 Å². The maximum Gasteiger partial charge on any atom is 0.333 e. The Hall–Kier alpha value is -2.41. The standard InChI is InChI=1S/C10H14O5.C7H10O2/c1-7(9(12)13)3-4-8(2)10(14)15-6-5-11;1-5(2)7(8)9-6-3-4-6/h3,11H,2,4-6H2,1H3,(H,12,13);6H,1,3-4H2,2H3. The Kier molecular flexibility index (Phi) is 10.1. The summed E-state index contributed by atoms with van der Waals surface area (Å²) >= 11 is 0. The number of carbonyl (C=O) groups excluding carboxylic acids is 2. The van der Waals surface area contributed by atoms with Gasteiger partial charge in [-0.1, -0.05) is 19.2 Å². The SMILES string of the molecule is C=C(C)C(=O)OC1CC1.C=C(CC=C(C)C(=O)O)C(=O)OCCO. The van der Waals surface area contributed by atoms with Crippen LogP contribution in [-0.4, -0.2) is 47.4 Å². The molecule has 1 aliphatic carbocycles. The third-order valence-corrected chi connectivity index (χ3v) is 2.75. The molecule has 0 bridgehead atoms. The van der Waals surface area contributed by atoms with Crippen LogP contribution in [0.5, 0.6) is 0 Å². The van der Waals surface area contributed by atoms with Gasteiger partial charge in [-0.3, -0.25) is 0 Å². The molecule has 24 heavy (non-hydrogen) atoms. The zero-order valence-electron chi connectivity index (χ0n) is 14.0. The molecule has 0 aromatic heterocycles. The van der Waals surface area contributed by atoms with Crippen LogP contribution in [-0.2, 0) is 23.9 Å². The fourth-order valence-electron chi connectivity index (χ4n) is 1.13. The van der Waals surface area contributed by atoms with Crippen molar-refractivity contribution in [1.29, 1.82) is 0 Å². The van der Waals surface area contributed by atoms with E-state index in [1.165, 1.54) is 13.0 Å². The van der Waals surface area contributed by atoms with Gasteiger partial charge in [-0.05, 0) is 33.1 Å². The third-order valence-electron chi connectivity index (χ3n) is 2.75. The maximum absolute atomic E-state index is 11.1. The molecule has 0 aliphatic heterocycles. The lowest BCUT2D eigenvalue weighted by molar-refractivity contribution is -0.140. The number of carbonyl (C=O) groups is 3. The summed E-state index contributed by atoms with van der Waals surface area (Å²) in [5.74, 6) is -1.91. The van der Waals surface area contributed by atoms with Gasteiger partial charge >= 0.3 is 17.9 Å². The van der Waals surface area contributed by atoms with E-state index < -0.39 is 11.9 Å². The van der Waals surface area contributed by atoms with Crippen LogP contribution in [0.15, 0.2) is 36.0 Å². The molecule has 0 spiro atoms. The van der Waals surface area contributed by atoms with Crippen molar-refractivity contribution in [2.24, 2.45) is 0 Å². The number of esters is 2. The average Bonchev–Trinajstić information content (AvgIpc) is 3.33. The second kappa shape index (κ2) is 11.2. The van der Waals surface area contributed by atoms with E-state index in [4.69, 9.17) is 14.9 Å². The lowest BCUT2D eigenvalue weighted by Crippen LogP contribution is -2.10. The zero-order chi connectivity index (χ0) is 18.7. The molecule has 7 nitrogen and oxygen atoms in total. The van der Waals surface area contributed by atoms with E-state index in [1.807, 2.05) is 0 Å². The first-order valence-electron chi connectivity index (χ1n) is 7.41. The van der Waals surface area contributed by atoms with Crippen LogP contribution in [0.2, 0.25) is 0 Å². The molecule has 0 atom stereocenters. The summed E-state index contributed by atoms with van der Waals surface area (Å²) in [4.78, 5) is 32.2. The lowest BCUT2D eigenvalue weighted by atomic mass is 10.1. The Morgan fingerprint density at radius 3 is 2.17 bits per heavy atom. The number of carboxylic acid groups (broad SMARTS) is 1. The summed E-state index contributed by atoms with van der Waals surface area (Å²) in [5.41, 5.74) is 0.789. The first kappa shape index (κ1) is 21.6. The highest BCUT2D eigenvalue weighted by Gasteiger charge is 2.25. The van der Waals surface area contributed by atoms with Crippen LogP contribution < -0.4 is 0 Å². The second-order valence-electron chi connectivity index (χ2n) is 5.24. The van der Waals surface area contributed by atoms with E-state index in [0.29, 0.717) is 5.57 Å². The van der Waals surface area contributed by atoms with Gasteiger partial charge in [-0.15, -0.1) is 0 Å². The summed E-state index contributed by atoms with van der Waals surface area (Å²) in [7, 11) is 0. The molecule has 0 radical (unpaired) electrons. The minimum Gasteiger partial charge on any atom is -0.478 e. The number of ether oxygens (including phenoxy) is 2. The largest absolute Gasteiger partial charge is 0.478 e. The molecule has 0 unspecified atom stereocenters. The van der Waals surface area contributed by atoms with Crippen molar-refractivity contribution in [2.75, 3.05) is 13.2 Å². The van der Waals surface area contributed by atoms with Crippen molar-refractivity contribution in [1.82, 2.24) is 0 Å². The van der Waals surface area contributed by atoms with Gasteiger partial charge in [-0.2, -0.15) is 0 Å². The van der Waals surface area contributed by atoms with Gasteiger partial charge in [0.05, 0.1) is 6.61 Å². The zero-order valence-corrected chi connectivity index (χ0v) is 14.0. The van der Waals surface area contributed by atoms with Gasteiger partial charge in [0, 0.05) is 16.7 Å². The molecule has 0 heterocycles. The number of aliphatic carboxylic acids is 1. The highest BCUT2D eigenvalue weighted by molar-refractivity contribution is 5.89. The molecular weight excluding hydrogens is 316 g/mol. The van der Waals surface area contributed by atoms with E-state index >= 15 is 0 Å². The Morgan fingerprint density at radius 1 is 1.17 bits per heavy atom. The Morgan fingerprint density at radius 2 is 1.75 bits per heavy atom. The number of carboxylic acids is 1. The fraction of sp³-hybridized carbons (Fsp3) is 0.471. The predicted molar refractivity (Wildman–Crippen MR) is 87.1 cm³/mol. The highest BCUT2D eigenvalue weighted by atomic mass is 16.5. The number of hydrogen-bond donors (Lipinski definition) is 2. The molecule has 0 aromatic carbocycles. The normalized spacial score (nSPS) is 13.2. The van der Waals surface area contributed by atoms with Gasteiger partial charge in [0.15, 0.2) is 0 Å². The highest BCUT2D eigenvalue weighted by Crippen LogP contribution is 2.24. The quantitative estimate of drug-likeness (QED) is 0.512. The number of hydrogen-bond acceptors (Lipinski definition) is 6. The minimum atomic E-state index is -1.04. The van der Waals surface area contributed by atoms with Crippen molar-refractivity contribution < 1.29 is 34.1 Å². The maximum atomic E-state index is 11.1. The molecule has 1 fully saturated rings. The van der Waals surface area contributed by atoms with E-state index in [9.17, 15) is 14.4 Å². The van der Waals surface area contributed by atoms with E-state index in [-0.39, 0.29) is 42.9 Å². The molecule has 0 aromatic rings. The number of aliphatic hydroxyl groups is 1. The summed E-state index contributed by atoms with van der Waals surface area (Å²) in [5, 5.41) is 16.9. The Labute approximate surface area is 141 Å². The van der Waals surface area contributed by atoms with Gasteiger partial charge in [-0.25, -0.2) is 14.4 Å². The van der Waals surface area contributed by atoms with Crippen LogP contribution in [0.4, 0.5) is 0 Å². The van der Waals surface area contributed by atoms with Gasteiger partial charge < -0.3 is 19.7 Å². The number of allylic oxidation sites excluding steroid dienone is 1. The van der Waals surface area contributed by atoms with Gasteiger partial charge in [0.1, 0.15) is 12.7 Å². The van der Waals surface area contributed by atoms with Crippen LogP contribution >= 0.6 is 0 Å². The van der Waals surface area contributed by atoms with Crippen molar-refractivity contribution in [3.05, 3.63) is 36.0 Å². The Balaban J connectivity index is 0.000000496. The Bertz CT molecular complexity index is 527. The molecule has 2 N–H and O–H groups in total. The van der Waals surface area contributed by atoms with E-state index in [1.54, 1.807) is 6.92 Å². The van der Waals surface area contributed by atoms with Crippen molar-refractivity contribution in [3.8, 4) is 0 Å². The lowest BCUT2D eigenvalue weighted by Gasteiger charge is -2.03. The molecule has 1 saturated carbocycles. The van der Waals surface area contributed by atoms with Crippen LogP contribution in [0.3, 0.4) is 0 Å². The van der Waals surface area contributed by atoms with Gasteiger partial charge in [0.25, 0.3) is 0 Å². The van der Waals surface area contributed by atoms with Gasteiger partial charge in [0.2, 0.25) is 0 Å². The third kappa shape index (κ3) is 10.3. The smallest absolute Gasteiger partial charge is 0.333 e. The monoisotopic (exact) mass is 340 g/mol. The number of aliphatic hydroxyl groups excluding tert-OH is 1. The average molecular weight is 340 g/mol.